The molecule has 2 aliphatic rings. The molecular formula is C26H30ClN3O3. The highest BCUT2D eigenvalue weighted by atomic mass is 35.5. The van der Waals surface area contributed by atoms with Crippen LogP contribution in [0, 0.1) is 20.8 Å². The second kappa shape index (κ2) is 10.1. The number of imide groups is 1. The number of ether oxygens (including phenoxy) is 1. The Bertz CT molecular complexity index is 1110. The number of anilines is 1. The normalized spacial score (nSPS) is 17.3. The van der Waals surface area contributed by atoms with E-state index in [1.165, 1.54) is 4.90 Å². The number of halogens is 1. The van der Waals surface area contributed by atoms with Gasteiger partial charge in [0.15, 0.2) is 0 Å². The van der Waals surface area contributed by atoms with E-state index < -0.39 is 0 Å². The summed E-state index contributed by atoms with van der Waals surface area (Å²) in [5.41, 5.74) is 5.37. The molecule has 2 heterocycles. The fourth-order valence-corrected chi connectivity index (χ4v) is 4.47. The molecule has 0 atom stereocenters. The van der Waals surface area contributed by atoms with Gasteiger partial charge in [0, 0.05) is 36.9 Å². The minimum atomic E-state index is -0.287. The van der Waals surface area contributed by atoms with Crippen LogP contribution in [0.5, 0.6) is 0 Å². The molecule has 1 N–H and O–H groups in total. The molecule has 0 spiro atoms. The Morgan fingerprint density at radius 3 is 2.36 bits per heavy atom. The lowest BCUT2D eigenvalue weighted by Gasteiger charge is -2.27. The van der Waals surface area contributed by atoms with Gasteiger partial charge in [0.2, 0.25) is 0 Å². The summed E-state index contributed by atoms with van der Waals surface area (Å²) in [6.45, 7) is 10.4. The predicted octanol–water partition coefficient (Wildman–Crippen LogP) is 4.18. The van der Waals surface area contributed by atoms with Gasteiger partial charge in [0.05, 0.1) is 18.8 Å². The molecule has 6 nitrogen and oxygen atoms in total. The summed E-state index contributed by atoms with van der Waals surface area (Å²) >= 11 is 6.11. The van der Waals surface area contributed by atoms with E-state index >= 15 is 0 Å². The minimum Gasteiger partial charge on any atom is -0.379 e. The first-order valence-electron chi connectivity index (χ1n) is 11.4. The van der Waals surface area contributed by atoms with Crippen molar-refractivity contribution in [1.82, 2.24) is 9.80 Å². The zero-order chi connectivity index (χ0) is 23.5. The number of aryl methyl sites for hydroxylation is 3. The smallest absolute Gasteiger partial charge is 0.278 e. The van der Waals surface area contributed by atoms with Gasteiger partial charge in [-0.2, -0.15) is 0 Å². The summed E-state index contributed by atoms with van der Waals surface area (Å²) < 4.78 is 5.40. The van der Waals surface area contributed by atoms with E-state index in [0.717, 1.165) is 67.2 Å². The van der Waals surface area contributed by atoms with Crippen LogP contribution >= 0.6 is 11.6 Å². The van der Waals surface area contributed by atoms with Crippen molar-refractivity contribution in [2.45, 2.75) is 27.2 Å². The van der Waals surface area contributed by atoms with Crippen molar-refractivity contribution in [2.75, 3.05) is 44.7 Å². The van der Waals surface area contributed by atoms with Gasteiger partial charge in [-0.15, -0.1) is 0 Å². The van der Waals surface area contributed by atoms with E-state index in [0.29, 0.717) is 22.8 Å². The van der Waals surface area contributed by atoms with Crippen LogP contribution < -0.4 is 5.32 Å². The van der Waals surface area contributed by atoms with Gasteiger partial charge in [-0.3, -0.25) is 19.4 Å². The van der Waals surface area contributed by atoms with Gasteiger partial charge in [-0.25, -0.2) is 0 Å². The lowest BCUT2D eigenvalue weighted by Crippen LogP contribution is -2.39. The molecule has 0 bridgehead atoms. The molecule has 2 aromatic carbocycles. The molecule has 174 valence electrons. The van der Waals surface area contributed by atoms with Gasteiger partial charge in [-0.1, -0.05) is 29.8 Å². The summed E-state index contributed by atoms with van der Waals surface area (Å²) in [6, 6.07) is 11.3. The fraction of sp³-hybridized carbons (Fsp3) is 0.385. The number of hydrogen-bond donors (Lipinski definition) is 1. The van der Waals surface area contributed by atoms with E-state index in [1.54, 1.807) is 6.07 Å². The van der Waals surface area contributed by atoms with E-state index in [1.807, 2.05) is 51.1 Å². The van der Waals surface area contributed by atoms with Gasteiger partial charge in [-0.05, 0) is 67.6 Å². The topological polar surface area (TPSA) is 61.9 Å². The molecule has 0 aliphatic carbocycles. The molecule has 0 unspecified atom stereocenters. The van der Waals surface area contributed by atoms with Gasteiger partial charge >= 0.3 is 0 Å². The third kappa shape index (κ3) is 5.13. The summed E-state index contributed by atoms with van der Waals surface area (Å²) in [5.74, 6) is -0.538. The first kappa shape index (κ1) is 23.5. The van der Waals surface area contributed by atoms with Gasteiger partial charge in [0.1, 0.15) is 5.70 Å². The van der Waals surface area contributed by atoms with Crippen molar-refractivity contribution in [3.63, 3.8) is 0 Å². The lowest BCUT2D eigenvalue weighted by molar-refractivity contribution is -0.136. The van der Waals surface area contributed by atoms with Crippen molar-refractivity contribution in [1.29, 1.82) is 0 Å². The van der Waals surface area contributed by atoms with E-state index in [4.69, 9.17) is 16.3 Å². The maximum atomic E-state index is 13.5. The zero-order valence-electron chi connectivity index (χ0n) is 19.4. The number of benzene rings is 2. The highest BCUT2D eigenvalue weighted by Gasteiger charge is 2.39. The van der Waals surface area contributed by atoms with Gasteiger partial charge < -0.3 is 10.1 Å². The quantitative estimate of drug-likeness (QED) is 0.619. The third-order valence-electron chi connectivity index (χ3n) is 6.37. The average Bonchev–Trinajstić information content (AvgIpc) is 3.02. The van der Waals surface area contributed by atoms with Crippen LogP contribution in [0.25, 0.3) is 5.57 Å². The number of amides is 2. The number of nitrogens with one attached hydrogen (secondary N) is 1. The third-order valence-corrected chi connectivity index (χ3v) is 6.61. The first-order valence-corrected chi connectivity index (χ1v) is 11.7. The Morgan fingerprint density at radius 2 is 1.67 bits per heavy atom. The number of hydrogen-bond acceptors (Lipinski definition) is 5. The largest absolute Gasteiger partial charge is 0.379 e. The number of rotatable bonds is 7. The summed E-state index contributed by atoms with van der Waals surface area (Å²) in [5, 5.41) is 3.88. The Labute approximate surface area is 200 Å². The first-order chi connectivity index (χ1) is 15.8. The Kier molecular flexibility index (Phi) is 7.17. The van der Waals surface area contributed by atoms with Crippen LogP contribution in [-0.4, -0.2) is 61.0 Å². The SMILES string of the molecule is Cc1ccc(C2=C(Nc3ccc(Cl)cc3C)C(=O)N(CCCN3CCOCC3)C2=O)cc1C. The van der Waals surface area contributed by atoms with Crippen molar-refractivity contribution >= 4 is 34.7 Å². The molecular weight excluding hydrogens is 438 g/mol. The molecule has 0 radical (unpaired) electrons. The Balaban J connectivity index is 1.61. The predicted molar refractivity (Wildman–Crippen MR) is 131 cm³/mol. The molecule has 2 aliphatic heterocycles. The fourth-order valence-electron chi connectivity index (χ4n) is 4.24. The standard InChI is InChI=1S/C26H30ClN3O3/c1-17-5-6-20(15-18(17)2)23-24(28-22-8-7-21(27)16-19(22)3)26(32)30(25(23)31)10-4-9-29-11-13-33-14-12-29/h5-8,15-16,28H,4,9-14H2,1-3H3. The van der Waals surface area contributed by atoms with Gasteiger partial charge in [0.25, 0.3) is 11.8 Å². The average molecular weight is 468 g/mol. The summed E-state index contributed by atoms with van der Waals surface area (Å²) in [4.78, 5) is 30.6. The maximum Gasteiger partial charge on any atom is 0.278 e. The highest BCUT2D eigenvalue weighted by molar-refractivity contribution is 6.36. The van der Waals surface area contributed by atoms with Crippen LogP contribution in [0.2, 0.25) is 5.02 Å². The molecule has 0 aromatic heterocycles. The van der Waals surface area contributed by atoms with Crippen molar-refractivity contribution in [2.24, 2.45) is 0 Å². The summed E-state index contributed by atoms with van der Waals surface area (Å²) in [6.07, 6.45) is 0.727. The minimum absolute atomic E-state index is 0.251. The van der Waals surface area contributed by atoms with Crippen LogP contribution in [0.1, 0.15) is 28.7 Å². The highest BCUT2D eigenvalue weighted by Crippen LogP contribution is 2.32. The molecule has 33 heavy (non-hydrogen) atoms. The number of morpholine rings is 1. The molecule has 7 heteroatoms. The van der Waals surface area contributed by atoms with Crippen molar-refractivity contribution < 1.29 is 14.3 Å². The maximum absolute atomic E-state index is 13.5. The van der Waals surface area contributed by atoms with Crippen LogP contribution in [0.4, 0.5) is 5.69 Å². The van der Waals surface area contributed by atoms with E-state index in [2.05, 4.69) is 10.2 Å². The molecule has 1 fully saturated rings. The van der Waals surface area contributed by atoms with Crippen molar-refractivity contribution in [3.8, 4) is 0 Å². The molecule has 1 saturated heterocycles. The molecule has 4 rings (SSSR count). The second-order valence-corrected chi connectivity index (χ2v) is 9.14. The summed E-state index contributed by atoms with van der Waals surface area (Å²) in [7, 11) is 0. The van der Waals surface area contributed by atoms with Crippen molar-refractivity contribution in [3.05, 3.63) is 69.4 Å². The molecule has 2 aromatic rings. The van der Waals surface area contributed by atoms with Crippen LogP contribution in [0.3, 0.4) is 0 Å². The van der Waals surface area contributed by atoms with E-state index in [9.17, 15) is 9.59 Å². The Morgan fingerprint density at radius 1 is 0.909 bits per heavy atom. The number of nitrogens with zero attached hydrogens (tertiary/aromatic N) is 2. The monoisotopic (exact) mass is 467 g/mol. The van der Waals surface area contributed by atoms with Crippen LogP contribution in [0.15, 0.2) is 42.1 Å². The molecule has 0 saturated carbocycles. The number of carbonyl (C=O) groups excluding carboxylic acids is 2. The van der Waals surface area contributed by atoms with E-state index in [-0.39, 0.29) is 11.8 Å². The lowest BCUT2D eigenvalue weighted by atomic mass is 9.99. The van der Waals surface area contributed by atoms with Crippen LogP contribution in [-0.2, 0) is 14.3 Å². The number of carbonyl (C=O) groups is 2. The zero-order valence-corrected chi connectivity index (χ0v) is 20.2. The Hall–Kier alpha value is -2.67. The molecule has 2 amide bonds. The second-order valence-electron chi connectivity index (χ2n) is 8.70.